The van der Waals surface area contributed by atoms with Gasteiger partial charge < -0.3 is 9.84 Å². The van der Waals surface area contributed by atoms with Crippen molar-refractivity contribution in [1.29, 1.82) is 0 Å². The minimum atomic E-state index is -0.969. The van der Waals surface area contributed by atoms with E-state index in [4.69, 9.17) is 11.2 Å². The van der Waals surface area contributed by atoms with Gasteiger partial charge in [-0.15, -0.1) is 6.42 Å². The average Bonchev–Trinajstić information content (AvgIpc) is 1.97. The molecule has 1 N–H and O–H groups in total. The van der Waals surface area contributed by atoms with E-state index in [0.29, 0.717) is 0 Å². The lowest BCUT2D eigenvalue weighted by atomic mass is 10.1. The van der Waals surface area contributed by atoms with Crippen molar-refractivity contribution in [2.45, 2.75) is 38.9 Å². The zero-order valence-corrected chi connectivity index (χ0v) is 8.64. The smallest absolute Gasteiger partial charge is 0.124 e. The first-order valence-corrected chi connectivity index (χ1v) is 4.11. The largest absolute Gasteiger partial charge is 0.378 e. The third-order valence-electron chi connectivity index (χ3n) is 1.25. The monoisotopic (exact) mass is 180 g/mol. The summed E-state index contributed by atoms with van der Waals surface area (Å²) < 4.78 is 5.25. The van der Waals surface area contributed by atoms with Crippen molar-refractivity contribution < 1.29 is 9.84 Å². The molecule has 0 saturated carbocycles. The third-order valence-corrected chi connectivity index (χ3v) is 1.25. The lowest BCUT2D eigenvalue weighted by Crippen LogP contribution is -2.22. The lowest BCUT2D eigenvalue weighted by molar-refractivity contribution is 0.0500. The Labute approximate surface area is 80.3 Å². The Bertz CT molecular complexity index is 253. The van der Waals surface area contributed by atoms with Crippen molar-refractivity contribution in [2.24, 2.45) is 0 Å². The molecule has 0 fully saturated rings. The topological polar surface area (TPSA) is 29.5 Å². The highest BCUT2D eigenvalue weighted by Gasteiger charge is 2.12. The summed E-state index contributed by atoms with van der Waals surface area (Å²) in [6, 6.07) is 0. The minimum absolute atomic E-state index is 0.237. The Morgan fingerprint density at radius 2 is 1.85 bits per heavy atom. The van der Waals surface area contributed by atoms with E-state index in [-0.39, 0.29) is 6.61 Å². The molecule has 0 rings (SSSR count). The molecule has 2 heteroatoms. The Morgan fingerprint density at radius 3 is 2.23 bits per heavy atom. The molecule has 0 atom stereocenters. The highest BCUT2D eigenvalue weighted by Crippen LogP contribution is 2.05. The van der Waals surface area contributed by atoms with Crippen molar-refractivity contribution in [2.75, 3.05) is 6.61 Å². The van der Waals surface area contributed by atoms with Gasteiger partial charge in [0.2, 0.25) is 0 Å². The third kappa shape index (κ3) is 7.40. The number of rotatable bonds is 2. The number of ether oxygens (including phenoxy) is 1. The summed E-state index contributed by atoms with van der Waals surface area (Å²) in [5.41, 5.74) is -1.56. The van der Waals surface area contributed by atoms with Crippen LogP contribution in [0.25, 0.3) is 0 Å². The van der Waals surface area contributed by atoms with E-state index in [1.165, 1.54) is 0 Å². The molecule has 0 spiro atoms. The molecular weight excluding hydrogens is 164 g/mol. The van der Waals surface area contributed by atoms with E-state index in [0.717, 1.165) is 0 Å². The van der Waals surface area contributed by atoms with Gasteiger partial charge in [0.1, 0.15) is 17.8 Å². The first-order chi connectivity index (χ1) is 5.77. The highest BCUT2D eigenvalue weighted by molar-refractivity contribution is 5.11. The minimum Gasteiger partial charge on any atom is -0.378 e. The zero-order chi connectivity index (χ0) is 10.5. The molecule has 0 bridgehead atoms. The Kier molecular flexibility index (Phi) is 4.01. The van der Waals surface area contributed by atoms with Crippen LogP contribution in [0.15, 0.2) is 0 Å². The van der Waals surface area contributed by atoms with Crippen LogP contribution in [0.2, 0.25) is 0 Å². The van der Waals surface area contributed by atoms with Crippen LogP contribution in [0, 0.1) is 24.2 Å². The SMILES string of the molecule is C#CC(C)(C)OCC#CC(C)(C)O. The maximum absolute atomic E-state index is 9.23. The van der Waals surface area contributed by atoms with Gasteiger partial charge in [0.15, 0.2) is 0 Å². The van der Waals surface area contributed by atoms with Gasteiger partial charge in [0.05, 0.1) is 0 Å². The van der Waals surface area contributed by atoms with Gasteiger partial charge in [-0.1, -0.05) is 17.8 Å². The summed E-state index contributed by atoms with van der Waals surface area (Å²) in [7, 11) is 0. The van der Waals surface area contributed by atoms with Gasteiger partial charge in [-0.2, -0.15) is 0 Å². The average molecular weight is 180 g/mol. The van der Waals surface area contributed by atoms with E-state index in [1.807, 2.05) is 0 Å². The molecule has 13 heavy (non-hydrogen) atoms. The van der Waals surface area contributed by atoms with Gasteiger partial charge in [0, 0.05) is 0 Å². The van der Waals surface area contributed by atoms with Crippen molar-refractivity contribution >= 4 is 0 Å². The summed E-state index contributed by atoms with van der Waals surface area (Å²) >= 11 is 0. The van der Waals surface area contributed by atoms with Gasteiger partial charge in [0.25, 0.3) is 0 Å². The first kappa shape index (κ1) is 12.0. The molecule has 0 radical (unpaired) electrons. The van der Waals surface area contributed by atoms with Crippen molar-refractivity contribution in [3.05, 3.63) is 0 Å². The molecule has 0 saturated heterocycles. The summed E-state index contributed by atoms with van der Waals surface area (Å²) in [4.78, 5) is 0. The Hall–Kier alpha value is -0.960. The van der Waals surface area contributed by atoms with Crippen LogP contribution >= 0.6 is 0 Å². The number of terminal acetylenes is 1. The van der Waals surface area contributed by atoms with Gasteiger partial charge in [-0.3, -0.25) is 0 Å². The maximum Gasteiger partial charge on any atom is 0.124 e. The summed E-state index contributed by atoms with van der Waals surface area (Å²) in [6.45, 7) is 7.05. The number of hydrogen-bond donors (Lipinski definition) is 1. The number of aliphatic hydroxyl groups is 1. The van der Waals surface area contributed by atoms with Gasteiger partial charge >= 0.3 is 0 Å². The summed E-state index contributed by atoms with van der Waals surface area (Å²) in [6.07, 6.45) is 5.20. The van der Waals surface area contributed by atoms with Gasteiger partial charge in [-0.25, -0.2) is 0 Å². The number of hydrogen-bond acceptors (Lipinski definition) is 2. The first-order valence-electron chi connectivity index (χ1n) is 4.11. The fourth-order valence-electron chi connectivity index (χ4n) is 0.511. The van der Waals surface area contributed by atoms with Crippen LogP contribution < -0.4 is 0 Å². The van der Waals surface area contributed by atoms with Crippen LogP contribution in [0.1, 0.15) is 27.7 Å². The molecule has 0 amide bonds. The van der Waals surface area contributed by atoms with Crippen LogP contribution in [-0.4, -0.2) is 22.9 Å². The summed E-state index contributed by atoms with van der Waals surface area (Å²) in [5, 5.41) is 9.23. The van der Waals surface area contributed by atoms with E-state index < -0.39 is 11.2 Å². The molecule has 0 heterocycles. The standard InChI is InChI=1S/C11H16O2/c1-6-11(4,5)13-9-7-8-10(2,3)12/h1,12H,9H2,2-5H3. The van der Waals surface area contributed by atoms with Crippen LogP contribution in [0.4, 0.5) is 0 Å². The second-order valence-electron chi connectivity index (χ2n) is 3.80. The summed E-state index contributed by atoms with van der Waals surface area (Å²) in [5.74, 6) is 7.81. The fourth-order valence-corrected chi connectivity index (χ4v) is 0.511. The Balaban J connectivity index is 3.94. The van der Waals surface area contributed by atoms with Gasteiger partial charge in [-0.05, 0) is 27.7 Å². The fraction of sp³-hybridized carbons (Fsp3) is 0.636. The van der Waals surface area contributed by atoms with E-state index in [9.17, 15) is 5.11 Å². The van der Waals surface area contributed by atoms with E-state index in [2.05, 4.69) is 17.8 Å². The van der Waals surface area contributed by atoms with E-state index >= 15 is 0 Å². The lowest BCUT2D eigenvalue weighted by Gasteiger charge is -2.16. The molecule has 0 unspecified atom stereocenters. The molecular formula is C11H16O2. The normalized spacial score (nSPS) is 11.4. The molecule has 0 aliphatic rings. The molecule has 72 valence electrons. The highest BCUT2D eigenvalue weighted by atomic mass is 16.5. The molecule has 0 aromatic carbocycles. The van der Waals surface area contributed by atoms with Crippen LogP contribution in [0.5, 0.6) is 0 Å². The molecule has 0 aromatic rings. The second kappa shape index (κ2) is 4.33. The quantitative estimate of drug-likeness (QED) is 0.647. The predicted octanol–water partition coefficient (Wildman–Crippen LogP) is 1.19. The van der Waals surface area contributed by atoms with E-state index in [1.54, 1.807) is 27.7 Å². The molecule has 0 aliphatic heterocycles. The predicted molar refractivity (Wildman–Crippen MR) is 52.9 cm³/mol. The van der Waals surface area contributed by atoms with Crippen LogP contribution in [-0.2, 0) is 4.74 Å². The molecule has 0 aliphatic carbocycles. The van der Waals surface area contributed by atoms with Crippen LogP contribution in [0.3, 0.4) is 0 Å². The molecule has 0 aromatic heterocycles. The van der Waals surface area contributed by atoms with Crippen molar-refractivity contribution in [1.82, 2.24) is 0 Å². The van der Waals surface area contributed by atoms with Crippen molar-refractivity contribution in [3.63, 3.8) is 0 Å². The maximum atomic E-state index is 9.23. The molecule has 2 nitrogen and oxygen atoms in total. The van der Waals surface area contributed by atoms with Crippen molar-refractivity contribution in [3.8, 4) is 24.2 Å². The zero-order valence-electron chi connectivity index (χ0n) is 8.64. The Morgan fingerprint density at radius 1 is 1.31 bits per heavy atom. The second-order valence-corrected chi connectivity index (χ2v) is 3.80.